The second-order valence-electron chi connectivity index (χ2n) is 6.34. The first-order valence-electron chi connectivity index (χ1n) is 8.19. The first-order chi connectivity index (χ1) is 12.3. The van der Waals surface area contributed by atoms with Crippen molar-refractivity contribution >= 4 is 27.3 Å². The Balaban J connectivity index is 1.96. The number of nitriles is 1. The zero-order valence-electron chi connectivity index (χ0n) is 14.6. The molecule has 0 radical (unpaired) electrons. The zero-order chi connectivity index (χ0) is 18.9. The van der Waals surface area contributed by atoms with Crippen LogP contribution in [0.4, 0.5) is 11.4 Å². The van der Waals surface area contributed by atoms with E-state index in [1.807, 2.05) is 37.3 Å². The van der Waals surface area contributed by atoms with Crippen LogP contribution in [-0.4, -0.2) is 33.2 Å². The molecule has 1 unspecified atom stereocenters. The lowest BCUT2D eigenvalue weighted by Crippen LogP contribution is -2.45. The van der Waals surface area contributed by atoms with Gasteiger partial charge in [0.05, 0.1) is 17.5 Å². The summed E-state index contributed by atoms with van der Waals surface area (Å²) in [5, 5.41) is 9.28. The van der Waals surface area contributed by atoms with Crippen molar-refractivity contribution in [2.24, 2.45) is 0 Å². The Hall–Kier alpha value is -2.85. The molecule has 1 aliphatic rings. The molecule has 3 rings (SSSR count). The Morgan fingerprint density at radius 1 is 1.23 bits per heavy atom. The van der Waals surface area contributed by atoms with Crippen LogP contribution in [0.1, 0.15) is 18.1 Å². The van der Waals surface area contributed by atoms with Crippen molar-refractivity contribution in [1.82, 2.24) is 0 Å². The van der Waals surface area contributed by atoms with Crippen molar-refractivity contribution in [1.29, 1.82) is 5.26 Å². The molecule has 2 aromatic rings. The highest BCUT2D eigenvalue weighted by molar-refractivity contribution is 7.92. The SMILES string of the molecule is CC1Cc2ccccc2N1C(=O)CN(c1ccccc1C#N)S(C)(=O)=O. The molecule has 1 amide bonds. The second-order valence-corrected chi connectivity index (χ2v) is 8.25. The minimum Gasteiger partial charge on any atom is -0.307 e. The molecule has 1 atom stereocenters. The van der Waals surface area contributed by atoms with Crippen molar-refractivity contribution in [2.75, 3.05) is 22.0 Å². The van der Waals surface area contributed by atoms with E-state index in [-0.39, 0.29) is 29.7 Å². The third kappa shape index (κ3) is 3.28. The number of anilines is 2. The van der Waals surface area contributed by atoms with Crippen molar-refractivity contribution in [2.45, 2.75) is 19.4 Å². The number of sulfonamides is 1. The smallest absolute Gasteiger partial charge is 0.248 e. The van der Waals surface area contributed by atoms with E-state index in [4.69, 9.17) is 0 Å². The van der Waals surface area contributed by atoms with E-state index in [1.54, 1.807) is 17.0 Å². The normalized spacial score (nSPS) is 16.0. The van der Waals surface area contributed by atoms with Crippen molar-refractivity contribution < 1.29 is 13.2 Å². The first kappa shape index (κ1) is 18.0. The van der Waals surface area contributed by atoms with Crippen LogP contribution in [0.2, 0.25) is 0 Å². The van der Waals surface area contributed by atoms with Crippen LogP contribution in [0.15, 0.2) is 48.5 Å². The molecule has 0 aromatic heterocycles. The molecule has 6 nitrogen and oxygen atoms in total. The van der Waals surface area contributed by atoms with E-state index in [2.05, 4.69) is 0 Å². The van der Waals surface area contributed by atoms with Crippen LogP contribution in [0.25, 0.3) is 0 Å². The number of rotatable bonds is 4. The topological polar surface area (TPSA) is 81.5 Å². The summed E-state index contributed by atoms with van der Waals surface area (Å²) < 4.78 is 25.6. The lowest BCUT2D eigenvalue weighted by atomic mass is 10.1. The van der Waals surface area contributed by atoms with Crippen LogP contribution in [0, 0.1) is 11.3 Å². The van der Waals surface area contributed by atoms with Gasteiger partial charge in [-0.15, -0.1) is 0 Å². The highest BCUT2D eigenvalue weighted by Crippen LogP contribution is 2.32. The average Bonchev–Trinajstić information content (AvgIpc) is 2.94. The van der Waals surface area contributed by atoms with Gasteiger partial charge in [-0.05, 0) is 37.1 Å². The van der Waals surface area contributed by atoms with Gasteiger partial charge in [-0.25, -0.2) is 8.42 Å². The van der Waals surface area contributed by atoms with E-state index in [0.29, 0.717) is 0 Å². The third-order valence-corrected chi connectivity index (χ3v) is 5.57. The van der Waals surface area contributed by atoms with Crippen LogP contribution in [0.5, 0.6) is 0 Å². The highest BCUT2D eigenvalue weighted by atomic mass is 32.2. The highest BCUT2D eigenvalue weighted by Gasteiger charge is 2.33. The molecule has 26 heavy (non-hydrogen) atoms. The maximum Gasteiger partial charge on any atom is 0.248 e. The quantitative estimate of drug-likeness (QED) is 0.828. The predicted molar refractivity (Wildman–Crippen MR) is 100 cm³/mol. The molecule has 0 fully saturated rings. The molecule has 0 aliphatic carbocycles. The second kappa shape index (κ2) is 6.81. The van der Waals surface area contributed by atoms with Crippen LogP contribution < -0.4 is 9.21 Å². The predicted octanol–water partition coefficient (Wildman–Crippen LogP) is 2.30. The fourth-order valence-electron chi connectivity index (χ4n) is 3.31. The Labute approximate surface area is 153 Å². The molecule has 2 aromatic carbocycles. The van der Waals surface area contributed by atoms with E-state index in [9.17, 15) is 18.5 Å². The summed E-state index contributed by atoms with van der Waals surface area (Å²) in [5.74, 6) is -0.319. The van der Waals surface area contributed by atoms with Gasteiger partial charge in [0.2, 0.25) is 15.9 Å². The molecule has 0 N–H and O–H groups in total. The van der Waals surface area contributed by atoms with Crippen LogP contribution in [-0.2, 0) is 21.2 Å². The minimum absolute atomic E-state index is 0.0486. The van der Waals surface area contributed by atoms with Gasteiger partial charge >= 0.3 is 0 Å². The molecular weight excluding hydrogens is 350 g/mol. The van der Waals surface area contributed by atoms with E-state index < -0.39 is 10.0 Å². The summed E-state index contributed by atoms with van der Waals surface area (Å²) in [5.41, 5.74) is 2.30. The number of para-hydroxylation sites is 2. The van der Waals surface area contributed by atoms with Gasteiger partial charge in [0.15, 0.2) is 0 Å². The fraction of sp³-hybridized carbons (Fsp3) is 0.263. The maximum absolute atomic E-state index is 13.0. The number of carbonyl (C=O) groups excluding carboxylic acids is 1. The number of nitrogens with zero attached hydrogens (tertiary/aromatic N) is 3. The van der Waals surface area contributed by atoms with Crippen molar-refractivity contribution in [3.8, 4) is 6.07 Å². The molecule has 0 saturated heterocycles. The van der Waals surface area contributed by atoms with E-state index in [0.717, 1.165) is 28.2 Å². The molecule has 7 heteroatoms. The van der Waals surface area contributed by atoms with Crippen LogP contribution in [0.3, 0.4) is 0 Å². The summed E-state index contributed by atoms with van der Waals surface area (Å²) in [7, 11) is -3.74. The minimum atomic E-state index is -3.74. The largest absolute Gasteiger partial charge is 0.307 e. The van der Waals surface area contributed by atoms with Crippen LogP contribution >= 0.6 is 0 Å². The third-order valence-electron chi connectivity index (χ3n) is 4.45. The molecule has 0 bridgehead atoms. The molecular formula is C19H19N3O3S. The summed E-state index contributed by atoms with van der Waals surface area (Å²) >= 11 is 0. The number of fused-ring (bicyclic) bond motifs is 1. The summed E-state index contributed by atoms with van der Waals surface area (Å²) in [6, 6.07) is 15.9. The molecule has 0 saturated carbocycles. The van der Waals surface area contributed by atoms with Gasteiger partial charge in [0.1, 0.15) is 12.6 Å². The van der Waals surface area contributed by atoms with Gasteiger partial charge in [-0.3, -0.25) is 9.10 Å². The summed E-state index contributed by atoms with van der Waals surface area (Å²) in [6.45, 7) is 1.59. The summed E-state index contributed by atoms with van der Waals surface area (Å²) in [4.78, 5) is 14.6. The zero-order valence-corrected chi connectivity index (χ0v) is 15.4. The standard InChI is InChI=1S/C19H19N3O3S/c1-14-11-15-7-3-6-10-18(15)22(14)19(23)13-21(26(2,24)25)17-9-5-4-8-16(17)12-20/h3-10,14H,11,13H2,1-2H3. The maximum atomic E-state index is 13.0. The fourth-order valence-corrected chi connectivity index (χ4v) is 4.17. The van der Waals surface area contributed by atoms with Gasteiger partial charge < -0.3 is 4.90 Å². The lowest BCUT2D eigenvalue weighted by Gasteiger charge is -2.28. The number of hydrogen-bond acceptors (Lipinski definition) is 4. The average molecular weight is 369 g/mol. The lowest BCUT2D eigenvalue weighted by molar-refractivity contribution is -0.117. The Morgan fingerprint density at radius 3 is 2.58 bits per heavy atom. The summed E-state index contributed by atoms with van der Waals surface area (Å²) in [6.07, 6.45) is 1.77. The molecule has 134 valence electrons. The van der Waals surface area contributed by atoms with E-state index >= 15 is 0 Å². The van der Waals surface area contributed by atoms with Gasteiger partial charge in [0.25, 0.3) is 0 Å². The number of amides is 1. The monoisotopic (exact) mass is 369 g/mol. The molecule has 1 aliphatic heterocycles. The first-order valence-corrected chi connectivity index (χ1v) is 10.0. The Morgan fingerprint density at radius 2 is 1.88 bits per heavy atom. The molecule has 0 spiro atoms. The number of benzene rings is 2. The van der Waals surface area contributed by atoms with E-state index in [1.165, 1.54) is 12.1 Å². The number of hydrogen-bond donors (Lipinski definition) is 0. The molecule has 1 heterocycles. The van der Waals surface area contributed by atoms with Gasteiger partial charge in [-0.1, -0.05) is 30.3 Å². The van der Waals surface area contributed by atoms with Crippen molar-refractivity contribution in [3.05, 3.63) is 59.7 Å². The Bertz CT molecular complexity index is 995. The van der Waals surface area contributed by atoms with Gasteiger partial charge in [-0.2, -0.15) is 5.26 Å². The van der Waals surface area contributed by atoms with Crippen molar-refractivity contribution in [3.63, 3.8) is 0 Å². The van der Waals surface area contributed by atoms with Gasteiger partial charge in [0, 0.05) is 11.7 Å². The number of carbonyl (C=O) groups is 1. The Kier molecular flexibility index (Phi) is 4.70.